The molecule has 2 aromatic rings. The number of nitrogens with zero attached hydrogens (tertiary/aromatic N) is 1. The van der Waals surface area contributed by atoms with Gasteiger partial charge in [0.2, 0.25) is 5.91 Å². The van der Waals surface area contributed by atoms with Crippen molar-refractivity contribution in [3.63, 3.8) is 0 Å². The lowest BCUT2D eigenvalue weighted by atomic mass is 9.94. The number of carbonyl (C=O) groups is 1. The molecule has 2 unspecified atom stereocenters. The summed E-state index contributed by atoms with van der Waals surface area (Å²) >= 11 is 0. The molecular formula is C22H31N3O. The average molecular weight is 354 g/mol. The van der Waals surface area contributed by atoms with Crippen LogP contribution in [0.5, 0.6) is 0 Å². The molecule has 4 heteroatoms. The molecule has 0 bridgehead atoms. The van der Waals surface area contributed by atoms with E-state index < -0.39 is 0 Å². The van der Waals surface area contributed by atoms with Crippen LogP contribution in [0, 0.1) is 5.92 Å². The van der Waals surface area contributed by atoms with Gasteiger partial charge in [0.05, 0.1) is 5.92 Å². The van der Waals surface area contributed by atoms with E-state index in [1.165, 1.54) is 5.56 Å². The molecule has 0 saturated heterocycles. The molecule has 4 nitrogen and oxygen atoms in total. The summed E-state index contributed by atoms with van der Waals surface area (Å²) in [4.78, 5) is 14.9. The SMILES string of the molecule is CCN(CC)Cc1cccc(CNC(=O)C(C)C(N)c2ccccc2)c1. The number of hydrogen-bond acceptors (Lipinski definition) is 3. The van der Waals surface area contributed by atoms with E-state index in [4.69, 9.17) is 5.73 Å². The minimum Gasteiger partial charge on any atom is -0.352 e. The maximum Gasteiger partial charge on any atom is 0.225 e. The summed E-state index contributed by atoms with van der Waals surface area (Å²) in [6.45, 7) is 9.75. The highest BCUT2D eigenvalue weighted by Crippen LogP contribution is 2.19. The van der Waals surface area contributed by atoms with Gasteiger partial charge < -0.3 is 11.1 Å². The number of hydrogen-bond donors (Lipinski definition) is 2. The molecule has 2 aromatic carbocycles. The maximum atomic E-state index is 12.5. The fraction of sp³-hybridized carbons (Fsp3) is 0.409. The molecule has 2 atom stereocenters. The maximum absolute atomic E-state index is 12.5. The molecule has 26 heavy (non-hydrogen) atoms. The van der Waals surface area contributed by atoms with E-state index in [1.807, 2.05) is 43.3 Å². The van der Waals surface area contributed by atoms with Crippen molar-refractivity contribution in [3.8, 4) is 0 Å². The van der Waals surface area contributed by atoms with Crippen molar-refractivity contribution in [2.24, 2.45) is 11.7 Å². The van der Waals surface area contributed by atoms with Gasteiger partial charge in [-0.15, -0.1) is 0 Å². The third-order valence-electron chi connectivity index (χ3n) is 4.90. The minimum atomic E-state index is -0.301. The number of benzene rings is 2. The molecule has 0 aliphatic carbocycles. The summed E-state index contributed by atoms with van der Waals surface area (Å²) in [6, 6.07) is 17.9. The number of rotatable bonds is 9. The second-order valence-corrected chi connectivity index (χ2v) is 6.72. The second-order valence-electron chi connectivity index (χ2n) is 6.72. The van der Waals surface area contributed by atoms with Crippen molar-refractivity contribution in [3.05, 3.63) is 71.3 Å². The molecule has 0 spiro atoms. The summed E-state index contributed by atoms with van der Waals surface area (Å²) in [5.41, 5.74) is 9.62. The Labute approximate surface area is 157 Å². The highest BCUT2D eigenvalue weighted by molar-refractivity contribution is 5.79. The number of amides is 1. The lowest BCUT2D eigenvalue weighted by Crippen LogP contribution is -2.35. The lowest BCUT2D eigenvalue weighted by Gasteiger charge is -2.20. The Balaban J connectivity index is 1.92. The Morgan fingerprint density at radius 3 is 2.35 bits per heavy atom. The molecule has 0 saturated carbocycles. The zero-order chi connectivity index (χ0) is 18.9. The quantitative estimate of drug-likeness (QED) is 0.726. The summed E-state index contributed by atoms with van der Waals surface area (Å²) in [5, 5.41) is 3.03. The standard InChI is InChI=1S/C22H31N3O/c1-4-25(5-2)16-19-11-9-10-18(14-19)15-24-22(26)17(3)21(23)20-12-7-6-8-13-20/h6-14,17,21H,4-5,15-16,23H2,1-3H3,(H,24,26). The highest BCUT2D eigenvalue weighted by atomic mass is 16.1. The van der Waals surface area contributed by atoms with Gasteiger partial charge in [0, 0.05) is 19.1 Å². The van der Waals surface area contributed by atoms with Crippen LogP contribution >= 0.6 is 0 Å². The van der Waals surface area contributed by atoms with Gasteiger partial charge in [0.15, 0.2) is 0 Å². The molecule has 140 valence electrons. The molecule has 0 radical (unpaired) electrons. The van der Waals surface area contributed by atoms with Crippen LogP contribution in [0.1, 0.15) is 43.5 Å². The van der Waals surface area contributed by atoms with E-state index in [9.17, 15) is 4.79 Å². The van der Waals surface area contributed by atoms with Gasteiger partial charge >= 0.3 is 0 Å². The van der Waals surface area contributed by atoms with E-state index in [-0.39, 0.29) is 17.9 Å². The predicted octanol–water partition coefficient (Wildman–Crippen LogP) is 3.48. The first-order chi connectivity index (χ1) is 12.5. The molecule has 0 aliphatic rings. The van der Waals surface area contributed by atoms with Gasteiger partial charge in [0.25, 0.3) is 0 Å². The minimum absolute atomic E-state index is 0.0181. The molecule has 2 rings (SSSR count). The van der Waals surface area contributed by atoms with Gasteiger partial charge in [-0.3, -0.25) is 9.69 Å². The van der Waals surface area contributed by atoms with Gasteiger partial charge in [-0.05, 0) is 29.8 Å². The fourth-order valence-corrected chi connectivity index (χ4v) is 3.02. The first-order valence-electron chi connectivity index (χ1n) is 9.43. The Kier molecular flexibility index (Phi) is 7.82. The van der Waals surface area contributed by atoms with Crippen molar-refractivity contribution >= 4 is 5.91 Å². The van der Waals surface area contributed by atoms with E-state index in [0.29, 0.717) is 6.54 Å². The van der Waals surface area contributed by atoms with Crippen LogP contribution < -0.4 is 11.1 Å². The average Bonchev–Trinajstić information content (AvgIpc) is 2.70. The summed E-state index contributed by atoms with van der Waals surface area (Å²) in [6.07, 6.45) is 0. The summed E-state index contributed by atoms with van der Waals surface area (Å²) in [5.74, 6) is -0.299. The zero-order valence-corrected chi connectivity index (χ0v) is 16.1. The molecule has 0 aromatic heterocycles. The third-order valence-corrected chi connectivity index (χ3v) is 4.90. The van der Waals surface area contributed by atoms with Crippen LogP contribution in [0.4, 0.5) is 0 Å². The van der Waals surface area contributed by atoms with Crippen LogP contribution in [-0.4, -0.2) is 23.9 Å². The first kappa shape index (κ1) is 20.1. The van der Waals surface area contributed by atoms with E-state index in [0.717, 1.165) is 30.8 Å². The van der Waals surface area contributed by atoms with E-state index in [1.54, 1.807) is 0 Å². The van der Waals surface area contributed by atoms with E-state index in [2.05, 4.69) is 42.3 Å². The predicted molar refractivity (Wildman–Crippen MR) is 107 cm³/mol. The normalized spacial score (nSPS) is 13.4. The van der Waals surface area contributed by atoms with Crippen molar-refractivity contribution < 1.29 is 4.79 Å². The van der Waals surface area contributed by atoms with Crippen LogP contribution in [-0.2, 0) is 17.9 Å². The van der Waals surface area contributed by atoms with Gasteiger partial charge in [-0.1, -0.05) is 75.4 Å². The van der Waals surface area contributed by atoms with Crippen LogP contribution in [0.3, 0.4) is 0 Å². The van der Waals surface area contributed by atoms with Crippen molar-refractivity contribution in [2.75, 3.05) is 13.1 Å². The Hall–Kier alpha value is -2.17. The van der Waals surface area contributed by atoms with Gasteiger partial charge in [-0.25, -0.2) is 0 Å². The molecular weight excluding hydrogens is 322 g/mol. The molecule has 0 aliphatic heterocycles. The number of carbonyl (C=O) groups excluding carboxylic acids is 1. The fourth-order valence-electron chi connectivity index (χ4n) is 3.02. The largest absolute Gasteiger partial charge is 0.352 e. The topological polar surface area (TPSA) is 58.4 Å². The van der Waals surface area contributed by atoms with Crippen molar-refractivity contribution in [1.82, 2.24) is 10.2 Å². The number of nitrogens with two attached hydrogens (primary N) is 1. The summed E-state index contributed by atoms with van der Waals surface area (Å²) in [7, 11) is 0. The third kappa shape index (κ3) is 5.68. The van der Waals surface area contributed by atoms with Gasteiger partial charge in [0.1, 0.15) is 0 Å². The molecule has 3 N–H and O–H groups in total. The molecule has 0 fully saturated rings. The smallest absolute Gasteiger partial charge is 0.225 e. The van der Waals surface area contributed by atoms with Gasteiger partial charge in [-0.2, -0.15) is 0 Å². The van der Waals surface area contributed by atoms with Crippen molar-refractivity contribution in [2.45, 2.75) is 39.9 Å². The lowest BCUT2D eigenvalue weighted by molar-refractivity contribution is -0.125. The summed E-state index contributed by atoms with van der Waals surface area (Å²) < 4.78 is 0. The van der Waals surface area contributed by atoms with Crippen molar-refractivity contribution in [1.29, 1.82) is 0 Å². The van der Waals surface area contributed by atoms with E-state index >= 15 is 0 Å². The zero-order valence-electron chi connectivity index (χ0n) is 16.1. The molecule has 1 amide bonds. The monoisotopic (exact) mass is 353 g/mol. The Bertz CT molecular complexity index is 683. The number of nitrogens with one attached hydrogen (secondary N) is 1. The van der Waals surface area contributed by atoms with Crippen LogP contribution in [0.2, 0.25) is 0 Å². The second kappa shape index (κ2) is 10.1. The van der Waals surface area contributed by atoms with Crippen LogP contribution in [0.15, 0.2) is 54.6 Å². The van der Waals surface area contributed by atoms with Crippen LogP contribution in [0.25, 0.3) is 0 Å². The first-order valence-corrected chi connectivity index (χ1v) is 9.43. The highest BCUT2D eigenvalue weighted by Gasteiger charge is 2.21. The Morgan fingerprint density at radius 2 is 1.69 bits per heavy atom. The molecule has 0 heterocycles. The Morgan fingerprint density at radius 1 is 1.04 bits per heavy atom.